The van der Waals surface area contributed by atoms with E-state index in [2.05, 4.69) is 23.6 Å². The quantitative estimate of drug-likeness (QED) is 0.860. The van der Waals surface area contributed by atoms with Gasteiger partial charge in [0.05, 0.1) is 12.6 Å². The SMILES string of the molecule is CCn1c(C(C)N)cc2cccc(OC)c21. The maximum atomic E-state index is 5.98. The van der Waals surface area contributed by atoms with E-state index in [1.54, 1.807) is 7.11 Å². The number of hydrogen-bond donors (Lipinski definition) is 1. The van der Waals surface area contributed by atoms with Crippen molar-refractivity contribution in [2.75, 3.05) is 7.11 Å². The van der Waals surface area contributed by atoms with E-state index in [0.717, 1.165) is 23.5 Å². The molecule has 1 atom stereocenters. The molecular formula is C13H18N2O. The number of fused-ring (bicyclic) bond motifs is 1. The predicted molar refractivity (Wildman–Crippen MR) is 66.8 cm³/mol. The smallest absolute Gasteiger partial charge is 0.143 e. The molecule has 1 heterocycles. The average Bonchev–Trinajstić information content (AvgIpc) is 2.67. The molecule has 3 nitrogen and oxygen atoms in total. The number of aromatic nitrogens is 1. The van der Waals surface area contributed by atoms with Crippen LogP contribution in [0.5, 0.6) is 5.75 Å². The zero-order chi connectivity index (χ0) is 11.7. The first-order chi connectivity index (χ1) is 7.69. The zero-order valence-electron chi connectivity index (χ0n) is 10.0. The molecule has 0 saturated heterocycles. The summed E-state index contributed by atoms with van der Waals surface area (Å²) in [6, 6.07) is 8.27. The van der Waals surface area contributed by atoms with Gasteiger partial charge in [-0.15, -0.1) is 0 Å². The number of nitrogens with zero attached hydrogens (tertiary/aromatic N) is 1. The van der Waals surface area contributed by atoms with Gasteiger partial charge in [0.15, 0.2) is 0 Å². The van der Waals surface area contributed by atoms with Gasteiger partial charge in [0.25, 0.3) is 0 Å². The molecule has 0 aliphatic carbocycles. The van der Waals surface area contributed by atoms with Crippen LogP contribution in [0.4, 0.5) is 0 Å². The van der Waals surface area contributed by atoms with Crippen LogP contribution >= 0.6 is 0 Å². The van der Waals surface area contributed by atoms with Crippen molar-refractivity contribution in [3.8, 4) is 5.75 Å². The first-order valence-electron chi connectivity index (χ1n) is 5.60. The van der Waals surface area contributed by atoms with Crippen molar-refractivity contribution in [2.24, 2.45) is 5.73 Å². The number of rotatable bonds is 3. The third-order valence-corrected chi connectivity index (χ3v) is 2.92. The molecule has 0 aliphatic rings. The second-order valence-corrected chi connectivity index (χ2v) is 4.00. The summed E-state index contributed by atoms with van der Waals surface area (Å²) < 4.78 is 7.62. The Morgan fingerprint density at radius 2 is 2.19 bits per heavy atom. The number of benzene rings is 1. The molecule has 1 aromatic carbocycles. The zero-order valence-corrected chi connectivity index (χ0v) is 10.0. The van der Waals surface area contributed by atoms with Crippen LogP contribution in [0.1, 0.15) is 25.6 Å². The summed E-state index contributed by atoms with van der Waals surface area (Å²) in [5.74, 6) is 0.909. The fraction of sp³-hybridized carbons (Fsp3) is 0.385. The summed E-state index contributed by atoms with van der Waals surface area (Å²) in [5, 5.41) is 1.19. The van der Waals surface area contributed by atoms with Crippen molar-refractivity contribution >= 4 is 10.9 Å². The van der Waals surface area contributed by atoms with E-state index in [4.69, 9.17) is 10.5 Å². The number of methoxy groups -OCH3 is 1. The standard InChI is InChI=1S/C13H18N2O/c1-4-15-11(9(2)14)8-10-6-5-7-12(16-3)13(10)15/h5-9H,4,14H2,1-3H3. The number of nitrogens with two attached hydrogens (primary N) is 1. The molecule has 16 heavy (non-hydrogen) atoms. The highest BCUT2D eigenvalue weighted by Crippen LogP contribution is 2.30. The molecular weight excluding hydrogens is 200 g/mol. The molecule has 1 unspecified atom stereocenters. The average molecular weight is 218 g/mol. The van der Waals surface area contributed by atoms with Crippen LogP contribution in [-0.4, -0.2) is 11.7 Å². The molecule has 0 saturated carbocycles. The first-order valence-corrected chi connectivity index (χ1v) is 5.60. The van der Waals surface area contributed by atoms with Crippen LogP contribution in [0.2, 0.25) is 0 Å². The summed E-state index contributed by atoms with van der Waals surface area (Å²) in [6.45, 7) is 5.03. The number of para-hydroxylation sites is 1. The molecule has 86 valence electrons. The molecule has 0 fully saturated rings. The van der Waals surface area contributed by atoms with Gasteiger partial charge in [-0.2, -0.15) is 0 Å². The van der Waals surface area contributed by atoms with Crippen LogP contribution in [0.3, 0.4) is 0 Å². The van der Waals surface area contributed by atoms with Gasteiger partial charge in [-0.05, 0) is 26.0 Å². The predicted octanol–water partition coefficient (Wildman–Crippen LogP) is 2.69. The molecule has 0 aliphatic heterocycles. The maximum Gasteiger partial charge on any atom is 0.143 e. The van der Waals surface area contributed by atoms with Crippen LogP contribution in [-0.2, 0) is 6.54 Å². The lowest BCUT2D eigenvalue weighted by molar-refractivity contribution is 0.417. The summed E-state index contributed by atoms with van der Waals surface area (Å²) in [6.07, 6.45) is 0. The Balaban J connectivity index is 2.78. The van der Waals surface area contributed by atoms with Gasteiger partial charge < -0.3 is 15.0 Å². The second kappa shape index (κ2) is 4.18. The Morgan fingerprint density at radius 3 is 2.75 bits per heavy atom. The monoisotopic (exact) mass is 218 g/mol. The molecule has 2 N–H and O–H groups in total. The van der Waals surface area contributed by atoms with E-state index in [9.17, 15) is 0 Å². The highest BCUT2D eigenvalue weighted by atomic mass is 16.5. The van der Waals surface area contributed by atoms with Gasteiger partial charge >= 0.3 is 0 Å². The van der Waals surface area contributed by atoms with Gasteiger partial charge in [0.1, 0.15) is 5.75 Å². The van der Waals surface area contributed by atoms with Crippen LogP contribution < -0.4 is 10.5 Å². The molecule has 2 aromatic rings. The van der Waals surface area contributed by atoms with Gasteiger partial charge in [-0.3, -0.25) is 0 Å². The minimum Gasteiger partial charge on any atom is -0.495 e. The lowest BCUT2D eigenvalue weighted by Gasteiger charge is -2.12. The van der Waals surface area contributed by atoms with E-state index in [1.165, 1.54) is 5.39 Å². The lowest BCUT2D eigenvalue weighted by atomic mass is 10.2. The van der Waals surface area contributed by atoms with Crippen LogP contribution in [0, 0.1) is 0 Å². The van der Waals surface area contributed by atoms with Crippen LogP contribution in [0.15, 0.2) is 24.3 Å². The van der Waals surface area contributed by atoms with E-state index < -0.39 is 0 Å². The molecule has 0 spiro atoms. The summed E-state index contributed by atoms with van der Waals surface area (Å²) in [4.78, 5) is 0. The van der Waals surface area contributed by atoms with Gasteiger partial charge in [-0.1, -0.05) is 12.1 Å². The van der Waals surface area contributed by atoms with Crippen molar-refractivity contribution in [2.45, 2.75) is 26.4 Å². The van der Waals surface area contributed by atoms with Gasteiger partial charge in [0, 0.05) is 23.7 Å². The van der Waals surface area contributed by atoms with Crippen molar-refractivity contribution in [1.82, 2.24) is 4.57 Å². The minimum atomic E-state index is 0.0389. The summed E-state index contributed by atoms with van der Waals surface area (Å²) >= 11 is 0. The highest BCUT2D eigenvalue weighted by molar-refractivity contribution is 5.87. The van der Waals surface area contributed by atoms with E-state index in [1.807, 2.05) is 19.1 Å². The van der Waals surface area contributed by atoms with Gasteiger partial charge in [0.2, 0.25) is 0 Å². The lowest BCUT2D eigenvalue weighted by Crippen LogP contribution is -2.11. The van der Waals surface area contributed by atoms with Crippen molar-refractivity contribution in [3.05, 3.63) is 30.0 Å². The molecule has 3 heteroatoms. The Labute approximate surface area is 95.8 Å². The summed E-state index contributed by atoms with van der Waals surface area (Å²) in [7, 11) is 1.70. The van der Waals surface area contributed by atoms with Crippen molar-refractivity contribution < 1.29 is 4.74 Å². The first kappa shape index (κ1) is 11.0. The molecule has 0 radical (unpaired) electrons. The fourth-order valence-electron chi connectivity index (χ4n) is 2.19. The van der Waals surface area contributed by atoms with Crippen LogP contribution in [0.25, 0.3) is 10.9 Å². The third kappa shape index (κ3) is 1.57. The fourth-order valence-corrected chi connectivity index (χ4v) is 2.19. The van der Waals surface area contributed by atoms with E-state index in [-0.39, 0.29) is 6.04 Å². The molecule has 0 bridgehead atoms. The number of aryl methyl sites for hydroxylation is 1. The largest absolute Gasteiger partial charge is 0.495 e. The summed E-state index contributed by atoms with van der Waals surface area (Å²) in [5.41, 5.74) is 8.28. The number of ether oxygens (including phenoxy) is 1. The number of hydrogen-bond acceptors (Lipinski definition) is 2. The molecule has 1 aromatic heterocycles. The normalized spacial score (nSPS) is 13.0. The Morgan fingerprint density at radius 1 is 1.44 bits per heavy atom. The van der Waals surface area contributed by atoms with Crippen molar-refractivity contribution in [3.63, 3.8) is 0 Å². The third-order valence-electron chi connectivity index (χ3n) is 2.92. The highest BCUT2D eigenvalue weighted by Gasteiger charge is 2.13. The second-order valence-electron chi connectivity index (χ2n) is 4.00. The van der Waals surface area contributed by atoms with E-state index in [0.29, 0.717) is 0 Å². The Hall–Kier alpha value is -1.48. The van der Waals surface area contributed by atoms with Gasteiger partial charge in [-0.25, -0.2) is 0 Å². The molecule has 2 rings (SSSR count). The minimum absolute atomic E-state index is 0.0389. The van der Waals surface area contributed by atoms with E-state index >= 15 is 0 Å². The Kier molecular flexibility index (Phi) is 2.88. The Bertz CT molecular complexity index is 500. The molecule has 0 amide bonds. The topological polar surface area (TPSA) is 40.2 Å². The van der Waals surface area contributed by atoms with Crippen molar-refractivity contribution in [1.29, 1.82) is 0 Å². The maximum absolute atomic E-state index is 5.98.